The standard InChI is InChI=1S/C10H16N4O7/c11-7-6(8(19)14-10(12)13-7)21-9-5(18)4(17)3(16)2(1-15)20-9/h2-5,9,15-18H,1H2,(H5,11,12,13,14,19)/t2-,3-,4+,5-,9-/m1/s1. The van der Waals surface area contributed by atoms with Gasteiger partial charge in [0, 0.05) is 0 Å². The summed E-state index contributed by atoms with van der Waals surface area (Å²) in [4.78, 5) is 17.4. The summed E-state index contributed by atoms with van der Waals surface area (Å²) in [6, 6.07) is 0. The highest BCUT2D eigenvalue weighted by molar-refractivity contribution is 5.46. The number of ether oxygens (including phenoxy) is 2. The van der Waals surface area contributed by atoms with Crippen LogP contribution in [0.5, 0.6) is 5.75 Å². The van der Waals surface area contributed by atoms with E-state index < -0.39 is 48.6 Å². The third-order valence-electron chi connectivity index (χ3n) is 3.00. The van der Waals surface area contributed by atoms with Gasteiger partial charge in [-0.05, 0) is 0 Å². The normalized spacial score (nSPS) is 32.9. The van der Waals surface area contributed by atoms with Crippen LogP contribution in [0.3, 0.4) is 0 Å². The third-order valence-corrected chi connectivity index (χ3v) is 3.00. The van der Waals surface area contributed by atoms with Gasteiger partial charge in [-0.3, -0.25) is 9.78 Å². The van der Waals surface area contributed by atoms with Crippen LogP contribution >= 0.6 is 0 Å². The third kappa shape index (κ3) is 2.91. The van der Waals surface area contributed by atoms with Gasteiger partial charge in [-0.1, -0.05) is 0 Å². The summed E-state index contributed by atoms with van der Waals surface area (Å²) in [5, 5.41) is 38.0. The summed E-state index contributed by atoms with van der Waals surface area (Å²) >= 11 is 0. The van der Waals surface area contributed by atoms with Crippen LogP contribution in [0.1, 0.15) is 0 Å². The molecule has 0 unspecified atom stereocenters. The highest BCUT2D eigenvalue weighted by Gasteiger charge is 2.45. The van der Waals surface area contributed by atoms with Gasteiger partial charge in [0.2, 0.25) is 18.0 Å². The van der Waals surface area contributed by atoms with E-state index in [1.165, 1.54) is 0 Å². The molecule has 0 spiro atoms. The number of hydrogen-bond donors (Lipinski definition) is 7. The largest absolute Gasteiger partial charge is 0.452 e. The summed E-state index contributed by atoms with van der Waals surface area (Å²) in [5.74, 6) is -1.03. The fraction of sp³-hybridized carbons (Fsp3) is 0.600. The molecule has 1 fully saturated rings. The fourth-order valence-electron chi connectivity index (χ4n) is 1.89. The zero-order chi connectivity index (χ0) is 15.7. The molecule has 5 atom stereocenters. The van der Waals surface area contributed by atoms with Gasteiger partial charge in [0.05, 0.1) is 6.61 Å². The first-order valence-corrected chi connectivity index (χ1v) is 5.97. The van der Waals surface area contributed by atoms with E-state index in [0.717, 1.165) is 0 Å². The van der Waals surface area contributed by atoms with Crippen LogP contribution in [-0.4, -0.2) is 67.7 Å². The van der Waals surface area contributed by atoms with Crippen molar-refractivity contribution in [2.24, 2.45) is 0 Å². The van der Waals surface area contributed by atoms with E-state index in [1.807, 2.05) is 0 Å². The number of rotatable bonds is 3. The van der Waals surface area contributed by atoms with Gasteiger partial charge in [0.15, 0.2) is 5.82 Å². The van der Waals surface area contributed by atoms with Crippen molar-refractivity contribution in [1.82, 2.24) is 9.97 Å². The number of hydrogen-bond acceptors (Lipinski definition) is 10. The first-order valence-electron chi connectivity index (χ1n) is 5.97. The zero-order valence-electron chi connectivity index (χ0n) is 10.7. The number of nitrogens with one attached hydrogen (secondary N) is 1. The van der Waals surface area contributed by atoms with E-state index in [1.54, 1.807) is 0 Å². The number of nitrogen functional groups attached to an aromatic ring is 2. The highest BCUT2D eigenvalue weighted by atomic mass is 16.7. The van der Waals surface area contributed by atoms with Crippen molar-refractivity contribution in [3.8, 4) is 5.75 Å². The molecule has 0 radical (unpaired) electrons. The average molecular weight is 304 g/mol. The lowest BCUT2D eigenvalue weighted by molar-refractivity contribution is -0.277. The van der Waals surface area contributed by atoms with Crippen LogP contribution < -0.4 is 21.8 Å². The van der Waals surface area contributed by atoms with E-state index in [2.05, 4.69) is 9.97 Å². The SMILES string of the molecule is Nc1nc(N)c(O[C@H]2O[C@H](CO)[C@@H](O)[C@H](O)[C@H]2O)c(=O)[nH]1. The zero-order valence-corrected chi connectivity index (χ0v) is 10.7. The Morgan fingerprint density at radius 2 is 1.90 bits per heavy atom. The molecule has 2 heterocycles. The lowest BCUT2D eigenvalue weighted by Crippen LogP contribution is -2.60. The lowest BCUT2D eigenvalue weighted by atomic mass is 9.99. The number of aromatic amines is 1. The molecule has 0 aliphatic carbocycles. The molecule has 1 aromatic rings. The maximum atomic E-state index is 11.7. The minimum atomic E-state index is -1.67. The van der Waals surface area contributed by atoms with E-state index in [4.69, 9.17) is 26.0 Å². The predicted octanol–water partition coefficient (Wildman–Crippen LogP) is -3.89. The molecule has 1 saturated heterocycles. The molecular weight excluding hydrogens is 288 g/mol. The van der Waals surface area contributed by atoms with Gasteiger partial charge >= 0.3 is 0 Å². The number of aliphatic hydroxyl groups is 4. The van der Waals surface area contributed by atoms with E-state index in [0.29, 0.717) is 0 Å². The van der Waals surface area contributed by atoms with Crippen molar-refractivity contribution >= 4 is 11.8 Å². The molecule has 21 heavy (non-hydrogen) atoms. The van der Waals surface area contributed by atoms with Crippen LogP contribution in [-0.2, 0) is 4.74 Å². The van der Waals surface area contributed by atoms with Gasteiger partial charge < -0.3 is 41.4 Å². The van der Waals surface area contributed by atoms with Gasteiger partial charge in [0.1, 0.15) is 24.4 Å². The molecular formula is C10H16N4O7. The van der Waals surface area contributed by atoms with Crippen LogP contribution in [0.2, 0.25) is 0 Å². The molecule has 1 aliphatic heterocycles. The maximum Gasteiger partial charge on any atom is 0.297 e. The summed E-state index contributed by atoms with van der Waals surface area (Å²) in [6.45, 7) is -0.628. The Hall–Kier alpha value is -1.92. The van der Waals surface area contributed by atoms with E-state index in [9.17, 15) is 20.1 Å². The first kappa shape index (κ1) is 15.5. The van der Waals surface area contributed by atoms with E-state index in [-0.39, 0.29) is 11.8 Å². The van der Waals surface area contributed by atoms with Gasteiger partial charge in [0.25, 0.3) is 5.56 Å². The van der Waals surface area contributed by atoms with Crippen molar-refractivity contribution in [2.45, 2.75) is 30.7 Å². The van der Waals surface area contributed by atoms with Crippen molar-refractivity contribution in [3.63, 3.8) is 0 Å². The molecule has 1 aromatic heterocycles. The quantitative estimate of drug-likeness (QED) is 0.290. The van der Waals surface area contributed by atoms with Crippen LogP contribution in [0, 0.1) is 0 Å². The number of nitrogens with two attached hydrogens (primary N) is 2. The topological polar surface area (TPSA) is 197 Å². The van der Waals surface area contributed by atoms with E-state index >= 15 is 0 Å². The minimum Gasteiger partial charge on any atom is -0.452 e. The van der Waals surface area contributed by atoms with Gasteiger partial charge in [-0.15, -0.1) is 0 Å². The molecule has 1 aliphatic rings. The average Bonchev–Trinajstić information content (AvgIpc) is 2.42. The van der Waals surface area contributed by atoms with Crippen molar-refractivity contribution in [1.29, 1.82) is 0 Å². The second-order valence-electron chi connectivity index (χ2n) is 4.48. The Bertz CT molecular complexity index is 563. The van der Waals surface area contributed by atoms with Crippen LogP contribution in [0.15, 0.2) is 4.79 Å². The van der Waals surface area contributed by atoms with Crippen molar-refractivity contribution in [3.05, 3.63) is 10.4 Å². The smallest absolute Gasteiger partial charge is 0.297 e. The Kier molecular flexibility index (Phi) is 4.29. The Balaban J connectivity index is 2.25. The summed E-state index contributed by atoms with van der Waals surface area (Å²) in [7, 11) is 0. The molecule has 0 saturated carbocycles. The molecule has 118 valence electrons. The summed E-state index contributed by atoms with van der Waals surface area (Å²) < 4.78 is 10.2. The maximum absolute atomic E-state index is 11.7. The van der Waals surface area contributed by atoms with Crippen LogP contribution in [0.4, 0.5) is 11.8 Å². The number of aliphatic hydroxyl groups excluding tert-OH is 4. The second kappa shape index (κ2) is 5.83. The minimum absolute atomic E-state index is 0.223. The molecule has 2 rings (SSSR count). The molecule has 11 nitrogen and oxygen atoms in total. The molecule has 11 heteroatoms. The monoisotopic (exact) mass is 304 g/mol. The van der Waals surface area contributed by atoms with Gasteiger partial charge in [-0.25, -0.2) is 0 Å². The number of H-pyrrole nitrogens is 1. The molecule has 0 bridgehead atoms. The lowest BCUT2D eigenvalue weighted by Gasteiger charge is -2.39. The number of aromatic nitrogens is 2. The number of anilines is 2. The summed E-state index contributed by atoms with van der Waals surface area (Å²) in [6.07, 6.45) is -7.54. The molecule has 0 aromatic carbocycles. The second-order valence-corrected chi connectivity index (χ2v) is 4.48. The summed E-state index contributed by atoms with van der Waals surface area (Å²) in [5.41, 5.74) is 9.95. The Morgan fingerprint density at radius 3 is 2.48 bits per heavy atom. The Labute approximate surface area is 117 Å². The highest BCUT2D eigenvalue weighted by Crippen LogP contribution is 2.24. The predicted molar refractivity (Wildman–Crippen MR) is 68.1 cm³/mol. The van der Waals surface area contributed by atoms with Gasteiger partial charge in [-0.2, -0.15) is 4.98 Å². The number of nitrogens with zero attached hydrogens (tertiary/aromatic N) is 1. The van der Waals surface area contributed by atoms with Crippen LogP contribution in [0.25, 0.3) is 0 Å². The fourth-order valence-corrected chi connectivity index (χ4v) is 1.89. The van der Waals surface area contributed by atoms with Crippen molar-refractivity contribution < 1.29 is 29.9 Å². The van der Waals surface area contributed by atoms with Crippen molar-refractivity contribution in [2.75, 3.05) is 18.1 Å². The Morgan fingerprint density at radius 1 is 1.24 bits per heavy atom. The first-order chi connectivity index (χ1) is 9.85. The molecule has 9 N–H and O–H groups in total. The molecule has 0 amide bonds.